The number of aromatic nitrogens is 1. The van der Waals surface area contributed by atoms with Gasteiger partial charge in [-0.05, 0) is 54.8 Å². The van der Waals surface area contributed by atoms with Gasteiger partial charge in [0.1, 0.15) is 5.82 Å². The topological polar surface area (TPSA) is 33.2 Å². The van der Waals surface area contributed by atoms with Crippen LogP contribution in [-0.4, -0.2) is 22.3 Å². The van der Waals surface area contributed by atoms with Crippen molar-refractivity contribution in [2.24, 2.45) is 0 Å². The van der Waals surface area contributed by atoms with Crippen LogP contribution in [0.1, 0.15) is 34.8 Å². The molecule has 1 aliphatic heterocycles. The number of likely N-dealkylation sites (tertiary alicyclic amines) is 1. The molecule has 1 fully saturated rings. The summed E-state index contributed by atoms with van der Waals surface area (Å²) in [6, 6.07) is 9.71. The van der Waals surface area contributed by atoms with Crippen LogP contribution in [0.3, 0.4) is 0 Å². The molecule has 1 aromatic carbocycles. The summed E-state index contributed by atoms with van der Waals surface area (Å²) < 4.78 is 12.9. The Labute approximate surface area is 117 Å². The molecule has 3 nitrogen and oxygen atoms in total. The first kappa shape index (κ1) is 12.8. The summed E-state index contributed by atoms with van der Waals surface area (Å²) >= 11 is 0. The fraction of sp³-hybridized carbons (Fsp3) is 0.250. The molecule has 1 atom stereocenters. The van der Waals surface area contributed by atoms with Crippen molar-refractivity contribution in [1.82, 2.24) is 9.88 Å². The molecule has 102 valence electrons. The third-order valence-corrected chi connectivity index (χ3v) is 3.70. The third-order valence-electron chi connectivity index (χ3n) is 3.70. The van der Waals surface area contributed by atoms with Gasteiger partial charge in [0.05, 0.1) is 6.04 Å². The molecular weight excluding hydrogens is 255 g/mol. The van der Waals surface area contributed by atoms with Crippen molar-refractivity contribution in [3.63, 3.8) is 0 Å². The van der Waals surface area contributed by atoms with E-state index in [1.807, 2.05) is 17.0 Å². The first-order valence-corrected chi connectivity index (χ1v) is 6.72. The van der Waals surface area contributed by atoms with Crippen molar-refractivity contribution in [3.05, 3.63) is 65.7 Å². The number of hydrogen-bond acceptors (Lipinski definition) is 2. The predicted octanol–water partition coefficient (Wildman–Crippen LogP) is 3.20. The van der Waals surface area contributed by atoms with Crippen LogP contribution in [0.2, 0.25) is 0 Å². The van der Waals surface area contributed by atoms with Gasteiger partial charge in [-0.3, -0.25) is 9.78 Å². The minimum absolute atomic E-state index is 0.0377. The third kappa shape index (κ3) is 2.41. The van der Waals surface area contributed by atoms with Crippen molar-refractivity contribution in [2.75, 3.05) is 6.54 Å². The van der Waals surface area contributed by atoms with Crippen LogP contribution < -0.4 is 0 Å². The molecule has 2 aromatic rings. The highest BCUT2D eigenvalue weighted by Crippen LogP contribution is 2.32. The smallest absolute Gasteiger partial charge is 0.254 e. The summed E-state index contributed by atoms with van der Waals surface area (Å²) in [5, 5.41) is 0. The lowest BCUT2D eigenvalue weighted by Gasteiger charge is -2.25. The number of hydrogen-bond donors (Lipinski definition) is 0. The lowest BCUT2D eigenvalue weighted by molar-refractivity contribution is 0.0735. The Bertz CT molecular complexity index is 598. The van der Waals surface area contributed by atoms with E-state index in [4.69, 9.17) is 0 Å². The molecule has 3 rings (SSSR count). The first-order valence-electron chi connectivity index (χ1n) is 6.72. The van der Waals surface area contributed by atoms with Crippen molar-refractivity contribution >= 4 is 5.91 Å². The average Bonchev–Trinajstić information content (AvgIpc) is 2.97. The average molecular weight is 270 g/mol. The van der Waals surface area contributed by atoms with Crippen molar-refractivity contribution in [1.29, 1.82) is 0 Å². The van der Waals surface area contributed by atoms with E-state index in [2.05, 4.69) is 4.98 Å². The molecule has 4 heteroatoms. The summed E-state index contributed by atoms with van der Waals surface area (Å²) in [5.74, 6) is -0.363. The van der Waals surface area contributed by atoms with E-state index in [0.717, 1.165) is 24.9 Å². The molecule has 1 aromatic heterocycles. The summed E-state index contributed by atoms with van der Waals surface area (Å²) in [4.78, 5) is 18.4. The quantitative estimate of drug-likeness (QED) is 0.839. The molecule has 20 heavy (non-hydrogen) atoms. The van der Waals surface area contributed by atoms with Gasteiger partial charge in [-0.2, -0.15) is 0 Å². The molecule has 0 radical (unpaired) electrons. The number of benzene rings is 1. The highest BCUT2D eigenvalue weighted by atomic mass is 19.1. The molecule has 2 heterocycles. The van der Waals surface area contributed by atoms with Gasteiger partial charge in [0.15, 0.2) is 0 Å². The Hall–Kier alpha value is -2.23. The minimum Gasteiger partial charge on any atom is -0.332 e. The maximum atomic E-state index is 12.9. The number of nitrogens with zero attached hydrogens (tertiary/aromatic N) is 2. The lowest BCUT2D eigenvalue weighted by atomic mass is 10.1. The Morgan fingerprint density at radius 2 is 1.85 bits per heavy atom. The van der Waals surface area contributed by atoms with Gasteiger partial charge in [-0.15, -0.1) is 0 Å². The zero-order chi connectivity index (χ0) is 13.9. The van der Waals surface area contributed by atoms with Gasteiger partial charge in [0.2, 0.25) is 0 Å². The first-order chi connectivity index (χ1) is 9.75. The summed E-state index contributed by atoms with van der Waals surface area (Å²) in [5.41, 5.74) is 1.64. The van der Waals surface area contributed by atoms with E-state index < -0.39 is 0 Å². The molecule has 1 saturated heterocycles. The molecule has 0 saturated carbocycles. The van der Waals surface area contributed by atoms with E-state index in [1.54, 1.807) is 24.5 Å². The Kier molecular flexibility index (Phi) is 3.46. The van der Waals surface area contributed by atoms with E-state index in [1.165, 1.54) is 12.1 Å². The Morgan fingerprint density at radius 1 is 1.15 bits per heavy atom. The van der Waals surface area contributed by atoms with Crippen LogP contribution in [0.25, 0.3) is 0 Å². The van der Waals surface area contributed by atoms with Crippen LogP contribution in [0.5, 0.6) is 0 Å². The molecule has 0 spiro atoms. The van der Waals surface area contributed by atoms with Crippen LogP contribution in [0, 0.1) is 5.82 Å². The molecule has 1 unspecified atom stereocenters. The number of carbonyl (C=O) groups is 1. The lowest BCUT2D eigenvalue weighted by Crippen LogP contribution is -2.30. The SMILES string of the molecule is O=C(c1ccc(F)cc1)N1CCCC1c1ccncc1. The van der Waals surface area contributed by atoms with E-state index in [-0.39, 0.29) is 17.8 Å². The fourth-order valence-electron chi connectivity index (χ4n) is 2.70. The van der Waals surface area contributed by atoms with Gasteiger partial charge in [0, 0.05) is 24.5 Å². The number of rotatable bonds is 2. The Balaban J connectivity index is 1.85. The monoisotopic (exact) mass is 270 g/mol. The summed E-state index contributed by atoms with van der Waals surface area (Å²) in [6.45, 7) is 0.739. The van der Waals surface area contributed by atoms with Crippen molar-refractivity contribution < 1.29 is 9.18 Å². The molecule has 1 amide bonds. The molecule has 1 aliphatic rings. The van der Waals surface area contributed by atoms with Crippen molar-refractivity contribution in [2.45, 2.75) is 18.9 Å². The second kappa shape index (κ2) is 5.41. The zero-order valence-electron chi connectivity index (χ0n) is 11.0. The highest BCUT2D eigenvalue weighted by Gasteiger charge is 2.30. The second-order valence-electron chi connectivity index (χ2n) is 4.94. The maximum absolute atomic E-state index is 12.9. The predicted molar refractivity (Wildman–Crippen MR) is 73.6 cm³/mol. The molecular formula is C16H15FN2O. The fourth-order valence-corrected chi connectivity index (χ4v) is 2.70. The van der Waals surface area contributed by atoms with Crippen molar-refractivity contribution in [3.8, 4) is 0 Å². The second-order valence-corrected chi connectivity index (χ2v) is 4.94. The van der Waals surface area contributed by atoms with E-state index in [9.17, 15) is 9.18 Å². The van der Waals surface area contributed by atoms with Gasteiger partial charge in [-0.25, -0.2) is 4.39 Å². The number of halogens is 1. The van der Waals surface area contributed by atoms with Crippen LogP contribution in [0.4, 0.5) is 4.39 Å². The molecule has 0 N–H and O–H groups in total. The molecule has 0 bridgehead atoms. The maximum Gasteiger partial charge on any atom is 0.254 e. The summed E-state index contributed by atoms with van der Waals surface area (Å²) in [7, 11) is 0. The molecule has 0 aliphatic carbocycles. The van der Waals surface area contributed by atoms with Crippen LogP contribution in [0.15, 0.2) is 48.8 Å². The van der Waals surface area contributed by atoms with Crippen LogP contribution >= 0.6 is 0 Å². The van der Waals surface area contributed by atoms with Gasteiger partial charge < -0.3 is 4.90 Å². The van der Waals surface area contributed by atoms with Crippen LogP contribution in [-0.2, 0) is 0 Å². The normalized spacial score (nSPS) is 18.2. The Morgan fingerprint density at radius 3 is 2.55 bits per heavy atom. The van der Waals surface area contributed by atoms with Gasteiger partial charge >= 0.3 is 0 Å². The number of carbonyl (C=O) groups excluding carboxylic acids is 1. The van der Waals surface area contributed by atoms with Gasteiger partial charge in [0.25, 0.3) is 5.91 Å². The number of pyridine rings is 1. The van der Waals surface area contributed by atoms with E-state index in [0.29, 0.717) is 5.56 Å². The largest absolute Gasteiger partial charge is 0.332 e. The standard InChI is InChI=1S/C16H15FN2O/c17-14-5-3-13(4-6-14)16(20)19-11-1-2-15(19)12-7-9-18-10-8-12/h3-10,15H,1-2,11H2. The highest BCUT2D eigenvalue weighted by molar-refractivity contribution is 5.94. The van der Waals surface area contributed by atoms with Gasteiger partial charge in [-0.1, -0.05) is 0 Å². The minimum atomic E-state index is -0.325. The summed E-state index contributed by atoms with van der Waals surface area (Å²) in [6.07, 6.45) is 5.43. The van der Waals surface area contributed by atoms with E-state index >= 15 is 0 Å². The zero-order valence-corrected chi connectivity index (χ0v) is 11.0. The number of amides is 1.